The summed E-state index contributed by atoms with van der Waals surface area (Å²) >= 11 is 0. The van der Waals surface area contributed by atoms with Crippen LogP contribution in [0.15, 0.2) is 24.3 Å². The van der Waals surface area contributed by atoms with Crippen LogP contribution >= 0.6 is 0 Å². The predicted octanol–water partition coefficient (Wildman–Crippen LogP) is 0.496. The molecular formula is C17H20N2O5. The van der Waals surface area contributed by atoms with Gasteiger partial charge in [-0.1, -0.05) is 12.1 Å². The number of fused-ring (bicyclic) bond motifs is 1. The Labute approximate surface area is 139 Å². The molecular weight excluding hydrogens is 312 g/mol. The molecule has 2 aliphatic heterocycles. The number of hydrogen-bond donors (Lipinski definition) is 2. The number of likely N-dealkylation sites (tertiary alicyclic amines) is 1. The van der Waals surface area contributed by atoms with E-state index in [1.807, 2.05) is 6.07 Å². The maximum absolute atomic E-state index is 12.7. The highest BCUT2D eigenvalue weighted by Gasteiger charge is 2.57. The van der Waals surface area contributed by atoms with Crippen LogP contribution in [-0.2, 0) is 20.9 Å². The number of benzene rings is 1. The van der Waals surface area contributed by atoms with E-state index in [1.165, 1.54) is 6.92 Å². The quantitative estimate of drug-likeness (QED) is 0.837. The highest BCUT2D eigenvalue weighted by molar-refractivity contribution is 5.95. The number of nitrogens with one attached hydrogen (secondary N) is 1. The first-order chi connectivity index (χ1) is 11.4. The van der Waals surface area contributed by atoms with Crippen molar-refractivity contribution in [3.05, 3.63) is 35.4 Å². The summed E-state index contributed by atoms with van der Waals surface area (Å²) in [7, 11) is 0. The van der Waals surface area contributed by atoms with Gasteiger partial charge in [0, 0.05) is 38.0 Å². The van der Waals surface area contributed by atoms with Crippen LogP contribution in [0.4, 0.5) is 0 Å². The second-order valence-corrected chi connectivity index (χ2v) is 6.47. The van der Waals surface area contributed by atoms with Gasteiger partial charge in [0.25, 0.3) is 5.91 Å². The van der Waals surface area contributed by atoms with Gasteiger partial charge in [-0.3, -0.25) is 14.4 Å². The second-order valence-electron chi connectivity index (χ2n) is 6.47. The molecule has 2 amide bonds. The van der Waals surface area contributed by atoms with Crippen molar-refractivity contribution in [2.75, 3.05) is 26.3 Å². The van der Waals surface area contributed by atoms with Crippen LogP contribution < -0.4 is 5.32 Å². The third-order valence-electron chi connectivity index (χ3n) is 4.80. The molecule has 24 heavy (non-hydrogen) atoms. The molecule has 2 heterocycles. The highest BCUT2D eigenvalue weighted by Crippen LogP contribution is 2.41. The molecule has 0 spiro atoms. The van der Waals surface area contributed by atoms with Crippen molar-refractivity contribution in [2.24, 2.45) is 11.3 Å². The number of amides is 2. The average molecular weight is 332 g/mol. The fraction of sp³-hybridized carbons (Fsp3) is 0.471. The average Bonchev–Trinajstić information content (AvgIpc) is 3.10. The third kappa shape index (κ3) is 2.87. The third-order valence-corrected chi connectivity index (χ3v) is 4.80. The molecule has 0 bridgehead atoms. The Morgan fingerprint density at radius 3 is 2.88 bits per heavy atom. The monoisotopic (exact) mass is 332 g/mol. The van der Waals surface area contributed by atoms with Crippen molar-refractivity contribution in [1.29, 1.82) is 0 Å². The zero-order chi connectivity index (χ0) is 17.3. The van der Waals surface area contributed by atoms with Crippen molar-refractivity contribution < 1.29 is 24.2 Å². The van der Waals surface area contributed by atoms with E-state index in [9.17, 15) is 19.5 Å². The summed E-state index contributed by atoms with van der Waals surface area (Å²) in [5.41, 5.74) is 0.342. The summed E-state index contributed by atoms with van der Waals surface area (Å²) in [5.74, 6) is -1.39. The number of ether oxygens (including phenoxy) is 1. The van der Waals surface area contributed by atoms with Gasteiger partial charge in [0.1, 0.15) is 5.41 Å². The standard InChI is InChI=1S/C17H20N2O5/c1-11(20)18-6-12-3-2-4-13(5-12)15(21)19-7-14-8-24-10-17(14,9-19)16(22)23/h2-5,14H,6-10H2,1H3,(H,18,20)(H,22,23)/t14-,17-/m1/s1. The lowest BCUT2D eigenvalue weighted by atomic mass is 9.81. The van der Waals surface area contributed by atoms with Gasteiger partial charge in [-0.05, 0) is 17.7 Å². The summed E-state index contributed by atoms with van der Waals surface area (Å²) < 4.78 is 5.32. The Morgan fingerprint density at radius 1 is 1.42 bits per heavy atom. The molecule has 1 aromatic rings. The molecule has 0 unspecified atom stereocenters. The fourth-order valence-corrected chi connectivity index (χ4v) is 3.42. The summed E-state index contributed by atoms with van der Waals surface area (Å²) in [5, 5.41) is 12.2. The smallest absolute Gasteiger partial charge is 0.314 e. The molecule has 7 nitrogen and oxygen atoms in total. The first-order valence-corrected chi connectivity index (χ1v) is 7.86. The van der Waals surface area contributed by atoms with Gasteiger partial charge >= 0.3 is 5.97 Å². The molecule has 7 heteroatoms. The van der Waals surface area contributed by atoms with Gasteiger partial charge in [-0.25, -0.2) is 0 Å². The summed E-state index contributed by atoms with van der Waals surface area (Å²) in [6.07, 6.45) is 0. The summed E-state index contributed by atoms with van der Waals surface area (Å²) in [6.45, 7) is 2.87. The van der Waals surface area contributed by atoms with Crippen LogP contribution in [0.25, 0.3) is 0 Å². The lowest BCUT2D eigenvalue weighted by Gasteiger charge is -2.22. The van der Waals surface area contributed by atoms with E-state index in [1.54, 1.807) is 23.1 Å². The maximum atomic E-state index is 12.7. The number of carbonyl (C=O) groups excluding carboxylic acids is 2. The normalized spacial score (nSPS) is 25.4. The van der Waals surface area contributed by atoms with E-state index in [4.69, 9.17) is 4.74 Å². The molecule has 2 saturated heterocycles. The largest absolute Gasteiger partial charge is 0.481 e. The van der Waals surface area contributed by atoms with Crippen molar-refractivity contribution in [2.45, 2.75) is 13.5 Å². The topological polar surface area (TPSA) is 95.9 Å². The molecule has 0 aliphatic carbocycles. The second kappa shape index (κ2) is 6.24. The van der Waals surface area contributed by atoms with Crippen LogP contribution in [0.5, 0.6) is 0 Å². The van der Waals surface area contributed by atoms with E-state index < -0.39 is 11.4 Å². The first kappa shape index (κ1) is 16.4. The molecule has 0 saturated carbocycles. The maximum Gasteiger partial charge on any atom is 0.314 e. The Hall–Kier alpha value is -2.41. The SMILES string of the molecule is CC(=O)NCc1cccc(C(=O)N2C[C@@H]3COC[C@]3(C(=O)O)C2)c1. The van der Waals surface area contributed by atoms with Gasteiger partial charge in [0.05, 0.1) is 13.2 Å². The van der Waals surface area contributed by atoms with Gasteiger partial charge < -0.3 is 20.1 Å². The Kier molecular flexibility index (Phi) is 4.28. The molecule has 0 aromatic heterocycles. The minimum absolute atomic E-state index is 0.137. The van der Waals surface area contributed by atoms with Crippen LogP contribution in [-0.4, -0.2) is 54.1 Å². The number of carbonyl (C=O) groups is 3. The molecule has 2 atom stereocenters. The Morgan fingerprint density at radius 2 is 2.21 bits per heavy atom. The molecule has 2 N–H and O–H groups in total. The molecule has 3 rings (SSSR count). The molecule has 1 aromatic carbocycles. The first-order valence-electron chi connectivity index (χ1n) is 7.86. The predicted molar refractivity (Wildman–Crippen MR) is 84.2 cm³/mol. The lowest BCUT2D eigenvalue weighted by Crippen LogP contribution is -2.40. The zero-order valence-electron chi connectivity index (χ0n) is 13.4. The molecule has 0 radical (unpaired) electrons. The van der Waals surface area contributed by atoms with Crippen molar-refractivity contribution >= 4 is 17.8 Å². The number of carboxylic acid groups (broad SMARTS) is 1. The van der Waals surface area contributed by atoms with Crippen molar-refractivity contribution in [3.8, 4) is 0 Å². The van der Waals surface area contributed by atoms with Crippen LogP contribution in [0.3, 0.4) is 0 Å². The van der Waals surface area contributed by atoms with Crippen LogP contribution in [0, 0.1) is 11.3 Å². The van der Waals surface area contributed by atoms with E-state index >= 15 is 0 Å². The summed E-state index contributed by atoms with van der Waals surface area (Å²) in [4.78, 5) is 37.0. The van der Waals surface area contributed by atoms with Gasteiger partial charge in [-0.2, -0.15) is 0 Å². The number of carboxylic acids is 1. The zero-order valence-corrected chi connectivity index (χ0v) is 13.4. The van der Waals surface area contributed by atoms with Gasteiger partial charge in [0.15, 0.2) is 0 Å². The van der Waals surface area contributed by atoms with Crippen molar-refractivity contribution in [1.82, 2.24) is 10.2 Å². The number of rotatable bonds is 4. The lowest BCUT2D eigenvalue weighted by molar-refractivity contribution is -0.149. The Bertz CT molecular complexity index is 689. The highest BCUT2D eigenvalue weighted by atomic mass is 16.5. The minimum atomic E-state index is -0.983. The minimum Gasteiger partial charge on any atom is -0.481 e. The van der Waals surface area contributed by atoms with E-state index in [0.717, 1.165) is 5.56 Å². The fourth-order valence-electron chi connectivity index (χ4n) is 3.42. The Balaban J connectivity index is 1.75. The summed E-state index contributed by atoms with van der Waals surface area (Å²) in [6, 6.07) is 7.03. The van der Waals surface area contributed by atoms with Crippen molar-refractivity contribution in [3.63, 3.8) is 0 Å². The number of aliphatic carboxylic acids is 1. The van der Waals surface area contributed by atoms with Crippen LogP contribution in [0.1, 0.15) is 22.8 Å². The van der Waals surface area contributed by atoms with Gasteiger partial charge in [-0.15, -0.1) is 0 Å². The molecule has 128 valence electrons. The van der Waals surface area contributed by atoms with Gasteiger partial charge in [0.2, 0.25) is 5.91 Å². The van der Waals surface area contributed by atoms with Crippen LogP contribution in [0.2, 0.25) is 0 Å². The van der Waals surface area contributed by atoms with E-state index in [0.29, 0.717) is 25.3 Å². The molecule has 2 fully saturated rings. The number of nitrogens with zero attached hydrogens (tertiary/aromatic N) is 1. The molecule has 2 aliphatic rings. The number of hydrogen-bond acceptors (Lipinski definition) is 4. The van der Waals surface area contributed by atoms with E-state index in [2.05, 4.69) is 5.32 Å². The van der Waals surface area contributed by atoms with E-state index in [-0.39, 0.29) is 30.9 Å².